The van der Waals surface area contributed by atoms with E-state index in [1.54, 1.807) is 18.6 Å². The second-order valence-electron chi connectivity index (χ2n) is 5.24. The molecule has 5 heteroatoms. The van der Waals surface area contributed by atoms with Crippen molar-refractivity contribution in [2.45, 2.75) is 19.0 Å². The molecule has 0 radical (unpaired) electrons. The van der Waals surface area contributed by atoms with E-state index in [1.807, 2.05) is 42.3 Å². The standard InChI is InChI=1S/C16H18N4O/c1-19(12-13-11-17-8-9-18-13)15-7-10-20(16(15)21)14-5-3-2-4-6-14/h2-6,8-9,11,15H,7,10,12H2,1H3. The molecular formula is C16H18N4O. The number of aromatic nitrogens is 2. The van der Waals surface area contributed by atoms with Gasteiger partial charge in [0.2, 0.25) is 5.91 Å². The summed E-state index contributed by atoms with van der Waals surface area (Å²) in [6.07, 6.45) is 5.91. The fourth-order valence-electron chi connectivity index (χ4n) is 2.72. The zero-order chi connectivity index (χ0) is 14.7. The number of benzene rings is 1. The topological polar surface area (TPSA) is 49.3 Å². The normalized spacial score (nSPS) is 18.5. The minimum atomic E-state index is -0.0905. The van der Waals surface area contributed by atoms with Gasteiger partial charge in [0.1, 0.15) is 0 Å². The zero-order valence-electron chi connectivity index (χ0n) is 12.0. The highest BCUT2D eigenvalue weighted by Crippen LogP contribution is 2.24. The number of rotatable bonds is 4. The van der Waals surface area contributed by atoms with Crippen molar-refractivity contribution in [1.29, 1.82) is 0 Å². The smallest absolute Gasteiger partial charge is 0.244 e. The van der Waals surface area contributed by atoms with Gasteiger partial charge < -0.3 is 4.90 Å². The Balaban J connectivity index is 1.69. The van der Waals surface area contributed by atoms with E-state index in [9.17, 15) is 4.79 Å². The van der Waals surface area contributed by atoms with Crippen molar-refractivity contribution < 1.29 is 4.79 Å². The van der Waals surface area contributed by atoms with E-state index in [0.29, 0.717) is 6.54 Å². The van der Waals surface area contributed by atoms with Crippen LogP contribution in [-0.4, -0.2) is 40.4 Å². The molecule has 1 aromatic carbocycles. The first-order valence-corrected chi connectivity index (χ1v) is 7.07. The first-order chi connectivity index (χ1) is 10.3. The fraction of sp³-hybridized carbons (Fsp3) is 0.312. The molecule has 1 aliphatic rings. The van der Waals surface area contributed by atoms with Crippen LogP contribution in [0.1, 0.15) is 12.1 Å². The minimum Gasteiger partial charge on any atom is -0.311 e. The molecule has 1 atom stereocenters. The lowest BCUT2D eigenvalue weighted by Crippen LogP contribution is -2.39. The number of carbonyl (C=O) groups is 1. The Hall–Kier alpha value is -2.27. The summed E-state index contributed by atoms with van der Waals surface area (Å²) >= 11 is 0. The Bertz CT molecular complexity index is 602. The SMILES string of the molecule is CN(Cc1cnccn1)C1CCN(c2ccccc2)C1=O. The molecule has 2 aromatic rings. The molecule has 1 unspecified atom stereocenters. The second-order valence-corrected chi connectivity index (χ2v) is 5.24. The molecule has 0 spiro atoms. The third-order valence-electron chi connectivity index (χ3n) is 3.81. The molecule has 1 saturated heterocycles. The summed E-state index contributed by atoms with van der Waals surface area (Å²) in [5.74, 6) is 0.160. The number of hydrogen-bond donors (Lipinski definition) is 0. The molecule has 3 rings (SSSR count). The average molecular weight is 282 g/mol. The van der Waals surface area contributed by atoms with E-state index in [4.69, 9.17) is 0 Å². The Labute approximate surface area is 124 Å². The summed E-state index contributed by atoms with van der Waals surface area (Å²) in [5.41, 5.74) is 1.85. The summed E-state index contributed by atoms with van der Waals surface area (Å²) in [5, 5.41) is 0. The first-order valence-electron chi connectivity index (χ1n) is 7.07. The van der Waals surface area contributed by atoms with Gasteiger partial charge >= 0.3 is 0 Å². The fourth-order valence-corrected chi connectivity index (χ4v) is 2.72. The van der Waals surface area contributed by atoms with Gasteiger partial charge in [-0.15, -0.1) is 0 Å². The van der Waals surface area contributed by atoms with Crippen LogP contribution in [0.5, 0.6) is 0 Å². The van der Waals surface area contributed by atoms with E-state index in [-0.39, 0.29) is 11.9 Å². The van der Waals surface area contributed by atoms with Crippen molar-refractivity contribution in [3.63, 3.8) is 0 Å². The lowest BCUT2D eigenvalue weighted by atomic mass is 10.2. The summed E-state index contributed by atoms with van der Waals surface area (Å²) in [4.78, 5) is 24.8. The molecule has 0 saturated carbocycles. The highest BCUT2D eigenvalue weighted by molar-refractivity contribution is 5.99. The molecule has 1 aliphatic heterocycles. The van der Waals surface area contributed by atoms with Gasteiger partial charge in [0.25, 0.3) is 0 Å². The lowest BCUT2D eigenvalue weighted by molar-refractivity contribution is -0.121. The van der Waals surface area contributed by atoms with Crippen LogP contribution < -0.4 is 4.90 Å². The van der Waals surface area contributed by atoms with Crippen LogP contribution in [0.3, 0.4) is 0 Å². The molecule has 1 amide bonds. The van der Waals surface area contributed by atoms with E-state index in [0.717, 1.165) is 24.3 Å². The molecule has 0 aliphatic carbocycles. The maximum absolute atomic E-state index is 12.6. The zero-order valence-corrected chi connectivity index (χ0v) is 12.0. The maximum Gasteiger partial charge on any atom is 0.244 e. The van der Waals surface area contributed by atoms with Gasteiger partial charge in [0.15, 0.2) is 0 Å². The average Bonchev–Trinajstić information content (AvgIpc) is 2.91. The van der Waals surface area contributed by atoms with Crippen LogP contribution in [0.15, 0.2) is 48.9 Å². The first kappa shape index (κ1) is 13.7. The molecule has 108 valence electrons. The Morgan fingerprint density at radius 3 is 2.81 bits per heavy atom. The van der Waals surface area contributed by atoms with Crippen LogP contribution in [-0.2, 0) is 11.3 Å². The Morgan fingerprint density at radius 2 is 2.10 bits per heavy atom. The van der Waals surface area contributed by atoms with Crippen LogP contribution in [0.25, 0.3) is 0 Å². The molecule has 0 bridgehead atoms. The van der Waals surface area contributed by atoms with Crippen LogP contribution in [0.4, 0.5) is 5.69 Å². The molecular weight excluding hydrogens is 264 g/mol. The van der Waals surface area contributed by atoms with E-state index < -0.39 is 0 Å². The van der Waals surface area contributed by atoms with Crippen molar-refractivity contribution in [3.8, 4) is 0 Å². The third kappa shape index (κ3) is 2.92. The van der Waals surface area contributed by atoms with Crippen LogP contribution >= 0.6 is 0 Å². The van der Waals surface area contributed by atoms with Crippen LogP contribution in [0, 0.1) is 0 Å². The monoisotopic (exact) mass is 282 g/mol. The third-order valence-corrected chi connectivity index (χ3v) is 3.81. The number of para-hydroxylation sites is 1. The van der Waals surface area contributed by atoms with Crippen LogP contribution in [0.2, 0.25) is 0 Å². The summed E-state index contributed by atoms with van der Waals surface area (Å²) in [6.45, 7) is 1.39. The number of likely N-dealkylation sites (N-methyl/N-ethyl adjacent to an activating group) is 1. The summed E-state index contributed by atoms with van der Waals surface area (Å²) < 4.78 is 0. The molecule has 0 N–H and O–H groups in total. The van der Waals surface area contributed by atoms with Gasteiger partial charge in [-0.25, -0.2) is 0 Å². The number of hydrogen-bond acceptors (Lipinski definition) is 4. The number of amides is 1. The summed E-state index contributed by atoms with van der Waals surface area (Å²) in [6, 6.07) is 9.73. The highest BCUT2D eigenvalue weighted by atomic mass is 16.2. The predicted molar refractivity (Wildman–Crippen MR) is 80.7 cm³/mol. The molecule has 2 heterocycles. The number of anilines is 1. The predicted octanol–water partition coefficient (Wildman–Crippen LogP) is 1.71. The maximum atomic E-state index is 12.6. The summed E-state index contributed by atoms with van der Waals surface area (Å²) in [7, 11) is 1.96. The molecule has 21 heavy (non-hydrogen) atoms. The Kier molecular flexibility index (Phi) is 3.92. The van der Waals surface area contributed by atoms with Gasteiger partial charge in [0.05, 0.1) is 11.7 Å². The molecule has 1 aromatic heterocycles. The Morgan fingerprint density at radius 1 is 1.29 bits per heavy atom. The van der Waals surface area contributed by atoms with Crippen molar-refractivity contribution >= 4 is 11.6 Å². The lowest BCUT2D eigenvalue weighted by Gasteiger charge is -2.23. The molecule has 5 nitrogen and oxygen atoms in total. The van der Waals surface area contributed by atoms with Gasteiger partial charge in [-0.3, -0.25) is 19.7 Å². The number of nitrogens with zero attached hydrogens (tertiary/aromatic N) is 4. The van der Waals surface area contributed by atoms with E-state index >= 15 is 0 Å². The minimum absolute atomic E-state index is 0.0905. The van der Waals surface area contributed by atoms with E-state index in [2.05, 4.69) is 14.9 Å². The van der Waals surface area contributed by atoms with Gasteiger partial charge in [-0.2, -0.15) is 0 Å². The van der Waals surface area contributed by atoms with Crippen molar-refractivity contribution in [2.24, 2.45) is 0 Å². The van der Waals surface area contributed by atoms with E-state index in [1.165, 1.54) is 0 Å². The van der Waals surface area contributed by atoms with Crippen molar-refractivity contribution in [3.05, 3.63) is 54.6 Å². The molecule has 1 fully saturated rings. The largest absolute Gasteiger partial charge is 0.311 e. The van der Waals surface area contributed by atoms with Gasteiger partial charge in [-0.1, -0.05) is 18.2 Å². The van der Waals surface area contributed by atoms with Crippen molar-refractivity contribution in [2.75, 3.05) is 18.5 Å². The number of carbonyl (C=O) groups excluding carboxylic acids is 1. The van der Waals surface area contributed by atoms with Gasteiger partial charge in [-0.05, 0) is 25.6 Å². The second kappa shape index (κ2) is 6.01. The highest BCUT2D eigenvalue weighted by Gasteiger charge is 2.35. The van der Waals surface area contributed by atoms with Crippen molar-refractivity contribution in [1.82, 2.24) is 14.9 Å². The van der Waals surface area contributed by atoms with Gasteiger partial charge in [0, 0.05) is 37.4 Å². The quantitative estimate of drug-likeness (QED) is 0.856.